The number of hydrogen-bond acceptors (Lipinski definition) is 4. The number of alkyl carbamates (subject to hydrolysis) is 1. The lowest BCUT2D eigenvalue weighted by Crippen LogP contribution is -2.46. The molecule has 4 rings (SSSR count). The molecule has 2 fully saturated rings. The van der Waals surface area contributed by atoms with Crippen LogP contribution in [0.1, 0.15) is 63.9 Å². The summed E-state index contributed by atoms with van der Waals surface area (Å²) in [6.07, 6.45) is 9.69. The molecule has 0 saturated carbocycles. The van der Waals surface area contributed by atoms with E-state index in [2.05, 4.69) is 57.6 Å². The molecule has 0 aromatic heterocycles. The molecule has 186 valence electrons. The molecule has 2 aliphatic heterocycles. The highest BCUT2D eigenvalue weighted by molar-refractivity contribution is 5.86. The number of nitrogens with one attached hydrogen (secondary N) is 1. The van der Waals surface area contributed by atoms with Gasteiger partial charge >= 0.3 is 6.09 Å². The highest BCUT2D eigenvalue weighted by Crippen LogP contribution is 2.37. The van der Waals surface area contributed by atoms with Crippen molar-refractivity contribution in [1.29, 1.82) is 0 Å². The first-order valence-corrected chi connectivity index (χ1v) is 13.5. The lowest BCUT2D eigenvalue weighted by Gasteiger charge is -2.40. The Morgan fingerprint density at radius 3 is 2.06 bits per heavy atom. The Morgan fingerprint density at radius 1 is 0.853 bits per heavy atom. The van der Waals surface area contributed by atoms with Crippen LogP contribution in [-0.2, 0) is 10.2 Å². The van der Waals surface area contributed by atoms with Gasteiger partial charge in [-0.1, -0.05) is 55.3 Å². The number of amides is 1. The first kappa shape index (κ1) is 25.0. The van der Waals surface area contributed by atoms with Crippen LogP contribution in [0.25, 0.3) is 10.8 Å². The van der Waals surface area contributed by atoms with Gasteiger partial charge in [-0.3, -0.25) is 0 Å². The molecule has 0 radical (unpaired) electrons. The Balaban J connectivity index is 1.66. The Kier molecular flexibility index (Phi) is 9.23. The highest BCUT2D eigenvalue weighted by Gasteiger charge is 2.35. The van der Waals surface area contributed by atoms with Crippen LogP contribution in [0.3, 0.4) is 0 Å². The molecular formula is C29H43N3O2. The number of hydrogen-bond donors (Lipinski definition) is 1. The fraction of sp³-hybridized carbons (Fsp3) is 0.621. The largest absolute Gasteiger partial charge is 0.450 e. The minimum atomic E-state index is -0.303. The SMILES string of the molecule is CCOC(=O)NCC(CCN1CCCCC1)(CCN1CCCCC1)c1cccc2ccccc12. The van der Waals surface area contributed by atoms with E-state index in [0.717, 1.165) is 25.9 Å². The van der Waals surface area contributed by atoms with Gasteiger partial charge in [-0.2, -0.15) is 0 Å². The Bertz CT molecular complexity index is 876. The van der Waals surface area contributed by atoms with E-state index in [4.69, 9.17) is 4.74 Å². The number of likely N-dealkylation sites (tertiary alicyclic amines) is 2. The van der Waals surface area contributed by atoms with Gasteiger partial charge in [0.25, 0.3) is 0 Å². The summed E-state index contributed by atoms with van der Waals surface area (Å²) in [6.45, 7) is 9.82. The first-order valence-electron chi connectivity index (χ1n) is 13.5. The molecule has 2 aliphatic rings. The van der Waals surface area contributed by atoms with Crippen LogP contribution in [0.5, 0.6) is 0 Å². The van der Waals surface area contributed by atoms with E-state index >= 15 is 0 Å². The summed E-state index contributed by atoms with van der Waals surface area (Å²) in [5.74, 6) is 0. The van der Waals surface area contributed by atoms with Crippen molar-refractivity contribution in [1.82, 2.24) is 15.1 Å². The molecule has 1 N–H and O–H groups in total. The maximum Gasteiger partial charge on any atom is 0.407 e. The zero-order valence-electron chi connectivity index (χ0n) is 21.1. The maximum absolute atomic E-state index is 12.4. The monoisotopic (exact) mass is 465 g/mol. The summed E-state index contributed by atoms with van der Waals surface area (Å²) in [4.78, 5) is 17.7. The predicted molar refractivity (Wildman–Crippen MR) is 140 cm³/mol. The summed E-state index contributed by atoms with van der Waals surface area (Å²) in [7, 11) is 0. The molecule has 34 heavy (non-hydrogen) atoms. The van der Waals surface area contributed by atoms with Gasteiger partial charge in [0, 0.05) is 12.0 Å². The molecule has 0 unspecified atom stereocenters. The summed E-state index contributed by atoms with van der Waals surface area (Å²) >= 11 is 0. The normalized spacial score (nSPS) is 18.1. The van der Waals surface area contributed by atoms with E-state index in [-0.39, 0.29) is 11.5 Å². The number of nitrogens with zero attached hydrogens (tertiary/aromatic N) is 2. The van der Waals surface area contributed by atoms with Crippen molar-refractivity contribution in [3.05, 3.63) is 48.0 Å². The van der Waals surface area contributed by atoms with Crippen LogP contribution < -0.4 is 5.32 Å². The molecule has 0 bridgehead atoms. The topological polar surface area (TPSA) is 44.8 Å². The van der Waals surface area contributed by atoms with E-state index < -0.39 is 0 Å². The van der Waals surface area contributed by atoms with Gasteiger partial charge in [-0.05, 0) is 101 Å². The summed E-state index contributed by atoms with van der Waals surface area (Å²) in [6, 6.07) is 15.4. The van der Waals surface area contributed by atoms with Gasteiger partial charge in [-0.25, -0.2) is 4.79 Å². The summed E-state index contributed by atoms with van der Waals surface area (Å²) < 4.78 is 5.28. The van der Waals surface area contributed by atoms with Crippen molar-refractivity contribution in [3.8, 4) is 0 Å². The summed E-state index contributed by atoms with van der Waals surface area (Å²) in [5, 5.41) is 5.75. The van der Waals surface area contributed by atoms with Crippen LogP contribution in [0.2, 0.25) is 0 Å². The minimum Gasteiger partial charge on any atom is -0.450 e. The van der Waals surface area contributed by atoms with Gasteiger partial charge in [0.05, 0.1) is 6.61 Å². The third-order valence-electron chi connectivity index (χ3n) is 7.92. The van der Waals surface area contributed by atoms with E-state index in [1.54, 1.807) is 0 Å². The average molecular weight is 466 g/mol. The summed E-state index contributed by atoms with van der Waals surface area (Å²) in [5.41, 5.74) is 1.24. The fourth-order valence-corrected chi connectivity index (χ4v) is 5.89. The molecule has 0 spiro atoms. The van der Waals surface area contributed by atoms with E-state index in [1.807, 2.05) is 6.92 Å². The Hall–Kier alpha value is -2.11. The van der Waals surface area contributed by atoms with Gasteiger partial charge in [0.1, 0.15) is 0 Å². The number of carbonyl (C=O) groups excluding carboxylic acids is 1. The molecule has 2 aromatic carbocycles. The van der Waals surface area contributed by atoms with Crippen molar-refractivity contribution < 1.29 is 9.53 Å². The molecule has 5 heteroatoms. The number of rotatable bonds is 10. The number of carbonyl (C=O) groups is 1. The van der Waals surface area contributed by atoms with Crippen molar-refractivity contribution in [2.24, 2.45) is 0 Å². The van der Waals surface area contributed by atoms with Crippen molar-refractivity contribution in [3.63, 3.8) is 0 Å². The molecule has 0 atom stereocenters. The fourth-order valence-electron chi connectivity index (χ4n) is 5.89. The highest BCUT2D eigenvalue weighted by atomic mass is 16.5. The van der Waals surface area contributed by atoms with Crippen LogP contribution >= 0.6 is 0 Å². The third kappa shape index (κ3) is 6.51. The second-order valence-electron chi connectivity index (χ2n) is 10.2. The van der Waals surface area contributed by atoms with E-state index in [9.17, 15) is 4.79 Å². The second-order valence-corrected chi connectivity index (χ2v) is 10.2. The zero-order valence-corrected chi connectivity index (χ0v) is 21.1. The molecule has 0 aliphatic carbocycles. The minimum absolute atomic E-state index is 0.136. The lowest BCUT2D eigenvalue weighted by molar-refractivity contribution is 0.142. The average Bonchev–Trinajstić information content (AvgIpc) is 2.90. The number of piperidine rings is 2. The predicted octanol–water partition coefficient (Wildman–Crippen LogP) is 5.58. The Labute approximate surface area is 205 Å². The number of benzene rings is 2. The molecule has 2 saturated heterocycles. The molecule has 2 aromatic rings. The molecular weight excluding hydrogens is 422 g/mol. The van der Waals surface area contributed by atoms with Crippen LogP contribution in [-0.4, -0.2) is 68.3 Å². The van der Waals surface area contributed by atoms with Gasteiger partial charge in [0.2, 0.25) is 0 Å². The standard InChI is InChI=1S/C29H43N3O2/c1-2-34-28(33)30-24-29(16-22-31-18-7-3-8-19-31,17-23-32-20-9-4-10-21-32)27-15-11-13-25-12-5-6-14-26(25)27/h5-6,11-15H,2-4,7-10,16-24H2,1H3,(H,30,33). The van der Waals surface area contributed by atoms with E-state index in [1.165, 1.54) is 81.0 Å². The second kappa shape index (κ2) is 12.6. The van der Waals surface area contributed by atoms with Crippen LogP contribution in [0.15, 0.2) is 42.5 Å². The van der Waals surface area contributed by atoms with Crippen molar-refractivity contribution >= 4 is 16.9 Å². The zero-order chi connectivity index (χ0) is 23.6. The van der Waals surface area contributed by atoms with Gasteiger partial charge < -0.3 is 19.9 Å². The first-order chi connectivity index (χ1) is 16.7. The smallest absolute Gasteiger partial charge is 0.407 e. The van der Waals surface area contributed by atoms with Crippen LogP contribution in [0, 0.1) is 0 Å². The number of ether oxygens (including phenoxy) is 1. The quantitative estimate of drug-likeness (QED) is 0.498. The van der Waals surface area contributed by atoms with Gasteiger partial charge in [-0.15, -0.1) is 0 Å². The third-order valence-corrected chi connectivity index (χ3v) is 7.92. The van der Waals surface area contributed by atoms with Gasteiger partial charge in [0.15, 0.2) is 0 Å². The molecule has 1 amide bonds. The van der Waals surface area contributed by atoms with E-state index in [0.29, 0.717) is 13.2 Å². The lowest BCUT2D eigenvalue weighted by atomic mass is 9.72. The molecule has 2 heterocycles. The number of fused-ring (bicyclic) bond motifs is 1. The Morgan fingerprint density at radius 2 is 1.44 bits per heavy atom. The van der Waals surface area contributed by atoms with Crippen molar-refractivity contribution in [2.45, 2.75) is 63.7 Å². The molecule has 5 nitrogen and oxygen atoms in total. The maximum atomic E-state index is 12.4. The van der Waals surface area contributed by atoms with Crippen LogP contribution in [0.4, 0.5) is 4.79 Å². The van der Waals surface area contributed by atoms with Crippen molar-refractivity contribution in [2.75, 3.05) is 52.4 Å².